The molecule has 0 fully saturated rings. The summed E-state index contributed by atoms with van der Waals surface area (Å²) in [4.78, 5) is 23.6. The molecule has 0 radical (unpaired) electrons. The molecule has 1 aliphatic carbocycles. The van der Waals surface area contributed by atoms with Crippen molar-refractivity contribution >= 4 is 12.1 Å². The lowest BCUT2D eigenvalue weighted by Gasteiger charge is -2.17. The van der Waals surface area contributed by atoms with Gasteiger partial charge >= 0.3 is 12.1 Å². The fourth-order valence-corrected chi connectivity index (χ4v) is 3.81. The number of hydrogen-bond donors (Lipinski definition) is 2. The molecule has 0 heterocycles. The third-order valence-electron chi connectivity index (χ3n) is 5.28. The Morgan fingerprint density at radius 3 is 2.18 bits per heavy atom. The summed E-state index contributed by atoms with van der Waals surface area (Å²) in [6.45, 7) is 2.28. The van der Waals surface area contributed by atoms with Crippen molar-refractivity contribution in [1.82, 2.24) is 5.32 Å². The highest BCUT2D eigenvalue weighted by atomic mass is 16.5. The standard InChI is InChI=1S/C23H27NO4/c1-2-3-4-5-14-21(22(25)26)24-23(27)28-15-20-18-12-8-6-10-16(18)17-11-7-9-13-19(17)20/h6-13,20-21H,2-5,14-15H2,1H3,(H,24,27)(H,25,26). The normalized spacial score (nSPS) is 13.5. The number of carboxylic acid groups (broad SMARTS) is 1. The lowest BCUT2D eigenvalue weighted by molar-refractivity contribution is -0.139. The number of hydrogen-bond acceptors (Lipinski definition) is 3. The molecule has 28 heavy (non-hydrogen) atoms. The largest absolute Gasteiger partial charge is 0.480 e. The van der Waals surface area contributed by atoms with Crippen LogP contribution in [0.1, 0.15) is 56.1 Å². The van der Waals surface area contributed by atoms with Crippen molar-refractivity contribution in [3.63, 3.8) is 0 Å². The van der Waals surface area contributed by atoms with Gasteiger partial charge in [0.25, 0.3) is 0 Å². The highest BCUT2D eigenvalue weighted by Gasteiger charge is 2.29. The van der Waals surface area contributed by atoms with E-state index in [0.717, 1.165) is 47.9 Å². The van der Waals surface area contributed by atoms with E-state index in [1.165, 1.54) is 0 Å². The van der Waals surface area contributed by atoms with Gasteiger partial charge in [-0.25, -0.2) is 9.59 Å². The van der Waals surface area contributed by atoms with Crippen molar-refractivity contribution in [3.05, 3.63) is 59.7 Å². The Hall–Kier alpha value is -2.82. The number of benzene rings is 2. The van der Waals surface area contributed by atoms with Crippen molar-refractivity contribution in [2.75, 3.05) is 6.61 Å². The van der Waals surface area contributed by atoms with Crippen LogP contribution in [-0.4, -0.2) is 29.8 Å². The van der Waals surface area contributed by atoms with E-state index in [1.807, 2.05) is 24.3 Å². The zero-order chi connectivity index (χ0) is 19.9. The first-order chi connectivity index (χ1) is 13.6. The predicted molar refractivity (Wildman–Crippen MR) is 108 cm³/mol. The molecule has 2 aromatic carbocycles. The number of nitrogens with one attached hydrogen (secondary N) is 1. The molecule has 1 unspecified atom stereocenters. The molecule has 0 saturated carbocycles. The van der Waals surface area contributed by atoms with Crippen LogP contribution in [0.2, 0.25) is 0 Å². The van der Waals surface area contributed by atoms with Crippen molar-refractivity contribution in [3.8, 4) is 11.1 Å². The molecule has 5 nitrogen and oxygen atoms in total. The SMILES string of the molecule is CCCCCCC(NC(=O)OCC1c2ccccc2-c2ccccc21)C(=O)O. The number of aliphatic carboxylic acids is 1. The minimum Gasteiger partial charge on any atom is -0.480 e. The van der Waals surface area contributed by atoms with E-state index in [2.05, 4.69) is 36.5 Å². The Morgan fingerprint density at radius 1 is 1.00 bits per heavy atom. The summed E-state index contributed by atoms with van der Waals surface area (Å²) >= 11 is 0. The Bertz CT molecular complexity index is 787. The monoisotopic (exact) mass is 381 g/mol. The summed E-state index contributed by atoms with van der Waals surface area (Å²) in [6.07, 6.45) is 3.62. The molecule has 0 bridgehead atoms. The molecule has 0 spiro atoms. The number of fused-ring (bicyclic) bond motifs is 3. The van der Waals surface area contributed by atoms with Crippen molar-refractivity contribution in [2.45, 2.75) is 51.0 Å². The number of carboxylic acids is 1. The average Bonchev–Trinajstić information content (AvgIpc) is 3.02. The molecule has 2 aromatic rings. The zero-order valence-electron chi connectivity index (χ0n) is 16.2. The third-order valence-corrected chi connectivity index (χ3v) is 5.28. The first kappa shape index (κ1) is 19.9. The first-order valence-corrected chi connectivity index (χ1v) is 9.96. The number of rotatable bonds is 9. The van der Waals surface area contributed by atoms with E-state index in [-0.39, 0.29) is 12.5 Å². The van der Waals surface area contributed by atoms with Gasteiger partial charge < -0.3 is 15.2 Å². The summed E-state index contributed by atoms with van der Waals surface area (Å²) in [6, 6.07) is 15.3. The van der Waals surface area contributed by atoms with E-state index in [4.69, 9.17) is 4.74 Å². The predicted octanol–water partition coefficient (Wildman–Crippen LogP) is 4.95. The van der Waals surface area contributed by atoms with Gasteiger partial charge in [-0.15, -0.1) is 0 Å². The smallest absolute Gasteiger partial charge is 0.407 e. The number of carbonyl (C=O) groups excluding carboxylic acids is 1. The van der Waals surface area contributed by atoms with E-state index in [0.29, 0.717) is 6.42 Å². The molecular formula is C23H27NO4. The van der Waals surface area contributed by atoms with Crippen LogP contribution in [0, 0.1) is 0 Å². The molecule has 0 aliphatic heterocycles. The molecule has 3 rings (SSSR count). The van der Waals surface area contributed by atoms with Gasteiger partial charge in [-0.05, 0) is 28.7 Å². The molecule has 2 N–H and O–H groups in total. The minimum absolute atomic E-state index is 0.0361. The molecular weight excluding hydrogens is 354 g/mol. The van der Waals surface area contributed by atoms with Crippen LogP contribution in [0.5, 0.6) is 0 Å². The van der Waals surface area contributed by atoms with Crippen LogP contribution in [0.4, 0.5) is 4.79 Å². The second-order valence-electron chi connectivity index (χ2n) is 7.21. The number of unbranched alkanes of at least 4 members (excludes halogenated alkanes) is 3. The lowest BCUT2D eigenvalue weighted by atomic mass is 9.98. The van der Waals surface area contributed by atoms with Crippen molar-refractivity contribution in [1.29, 1.82) is 0 Å². The van der Waals surface area contributed by atoms with Crippen LogP contribution >= 0.6 is 0 Å². The average molecular weight is 381 g/mol. The zero-order valence-corrected chi connectivity index (χ0v) is 16.2. The van der Waals surface area contributed by atoms with Crippen LogP contribution in [0.25, 0.3) is 11.1 Å². The highest BCUT2D eigenvalue weighted by Crippen LogP contribution is 2.44. The highest BCUT2D eigenvalue weighted by molar-refractivity contribution is 5.81. The molecule has 5 heteroatoms. The van der Waals surface area contributed by atoms with Gasteiger partial charge in [0.2, 0.25) is 0 Å². The maximum atomic E-state index is 12.2. The topological polar surface area (TPSA) is 75.6 Å². The fourth-order valence-electron chi connectivity index (χ4n) is 3.81. The maximum absolute atomic E-state index is 12.2. The third kappa shape index (κ3) is 4.53. The van der Waals surface area contributed by atoms with E-state index in [9.17, 15) is 14.7 Å². The molecule has 148 valence electrons. The molecule has 0 saturated heterocycles. The molecule has 1 amide bonds. The minimum atomic E-state index is -1.02. The van der Waals surface area contributed by atoms with Gasteiger partial charge in [-0.3, -0.25) is 0 Å². The van der Waals surface area contributed by atoms with Gasteiger partial charge in [0.05, 0.1) is 0 Å². The lowest BCUT2D eigenvalue weighted by Crippen LogP contribution is -2.41. The quantitative estimate of drug-likeness (QED) is 0.603. The van der Waals surface area contributed by atoms with Gasteiger partial charge in [0.15, 0.2) is 0 Å². The van der Waals surface area contributed by atoms with Gasteiger partial charge in [0, 0.05) is 5.92 Å². The van der Waals surface area contributed by atoms with Gasteiger partial charge in [-0.2, -0.15) is 0 Å². The summed E-state index contributed by atoms with van der Waals surface area (Å²) < 4.78 is 5.43. The molecule has 1 atom stereocenters. The Labute approximate surface area is 165 Å². The molecule has 0 aromatic heterocycles. The summed E-state index contributed by atoms with van der Waals surface area (Å²) in [5, 5.41) is 11.9. The summed E-state index contributed by atoms with van der Waals surface area (Å²) in [5.41, 5.74) is 4.58. The second kappa shape index (κ2) is 9.40. The Balaban J connectivity index is 1.60. The van der Waals surface area contributed by atoms with E-state index < -0.39 is 18.1 Å². The van der Waals surface area contributed by atoms with Gasteiger partial charge in [-0.1, -0.05) is 81.1 Å². The van der Waals surface area contributed by atoms with Crippen LogP contribution in [0.3, 0.4) is 0 Å². The number of carbonyl (C=O) groups is 2. The van der Waals surface area contributed by atoms with Gasteiger partial charge in [0.1, 0.15) is 12.6 Å². The van der Waals surface area contributed by atoms with E-state index >= 15 is 0 Å². The second-order valence-corrected chi connectivity index (χ2v) is 7.21. The number of amides is 1. The fraction of sp³-hybridized carbons (Fsp3) is 0.391. The number of ether oxygens (including phenoxy) is 1. The van der Waals surface area contributed by atoms with E-state index in [1.54, 1.807) is 0 Å². The maximum Gasteiger partial charge on any atom is 0.407 e. The Morgan fingerprint density at radius 2 is 1.61 bits per heavy atom. The summed E-state index contributed by atoms with van der Waals surface area (Å²) in [5.74, 6) is -1.06. The number of alkyl carbamates (subject to hydrolysis) is 1. The van der Waals surface area contributed by atoms with Crippen LogP contribution < -0.4 is 5.32 Å². The Kier molecular flexibility index (Phi) is 6.69. The van der Waals surface area contributed by atoms with Crippen LogP contribution in [-0.2, 0) is 9.53 Å². The van der Waals surface area contributed by atoms with Crippen LogP contribution in [0.15, 0.2) is 48.5 Å². The summed E-state index contributed by atoms with van der Waals surface area (Å²) in [7, 11) is 0. The first-order valence-electron chi connectivity index (χ1n) is 9.96. The molecule has 1 aliphatic rings. The van der Waals surface area contributed by atoms with Crippen molar-refractivity contribution < 1.29 is 19.4 Å². The van der Waals surface area contributed by atoms with Crippen molar-refractivity contribution in [2.24, 2.45) is 0 Å².